The van der Waals surface area contributed by atoms with Crippen molar-refractivity contribution >= 4 is 6.09 Å². The second-order valence-electron chi connectivity index (χ2n) is 4.21. The fourth-order valence-electron chi connectivity index (χ4n) is 0.918. The number of carbonyl (C=O) groups is 1. The molecule has 0 bridgehead atoms. The molecule has 1 amide bonds. The van der Waals surface area contributed by atoms with E-state index in [1.165, 1.54) is 0 Å². The van der Waals surface area contributed by atoms with Crippen LogP contribution in [0, 0.1) is 7.05 Å². The number of hydrogen-bond acceptors (Lipinski definition) is 2. The first-order valence-corrected chi connectivity index (χ1v) is 5.03. The van der Waals surface area contributed by atoms with Crippen molar-refractivity contribution in [3.8, 4) is 0 Å². The Balaban J connectivity index is 3.36. The number of quaternary nitrogens is 1. The number of nitrogens with one attached hydrogen (secondary N) is 1. The lowest BCUT2D eigenvalue weighted by Gasteiger charge is -2.19. The minimum absolute atomic E-state index is 0.337. The average molecular weight is 202 g/mol. The van der Waals surface area contributed by atoms with E-state index in [4.69, 9.17) is 4.74 Å². The first kappa shape index (κ1) is 13.2. The fraction of sp³-hybridized carbons (Fsp3) is 0.800. The molecule has 0 spiro atoms. The van der Waals surface area contributed by atoms with Gasteiger partial charge in [0.25, 0.3) is 0 Å². The van der Waals surface area contributed by atoms with E-state index < -0.39 is 5.60 Å². The highest BCUT2D eigenvalue weighted by molar-refractivity contribution is 5.67. The Morgan fingerprint density at radius 1 is 1.43 bits per heavy atom. The van der Waals surface area contributed by atoms with Crippen molar-refractivity contribution in [3.63, 3.8) is 0 Å². The monoisotopic (exact) mass is 202 g/mol. The number of amides is 1. The summed E-state index contributed by atoms with van der Waals surface area (Å²) in [5, 5.41) is 4.59. The third-order valence-corrected chi connectivity index (χ3v) is 1.50. The van der Waals surface area contributed by atoms with Gasteiger partial charge in [-0.05, 0) is 33.6 Å². The van der Waals surface area contributed by atoms with Crippen molar-refractivity contribution in [2.75, 3.05) is 13.1 Å². The van der Waals surface area contributed by atoms with Crippen LogP contribution >= 0.6 is 0 Å². The van der Waals surface area contributed by atoms with E-state index in [2.05, 4.69) is 12.4 Å². The summed E-state index contributed by atoms with van der Waals surface area (Å²) in [5.74, 6) is 0. The summed E-state index contributed by atoms with van der Waals surface area (Å²) in [4.78, 5) is 11.1. The molecule has 0 aliphatic heterocycles. The summed E-state index contributed by atoms with van der Waals surface area (Å²) in [5.41, 5.74) is -0.412. The predicted octanol–water partition coefficient (Wildman–Crippen LogP) is 0.646. The van der Waals surface area contributed by atoms with Crippen molar-refractivity contribution in [2.45, 2.75) is 39.2 Å². The summed E-state index contributed by atoms with van der Waals surface area (Å²) >= 11 is 0. The molecule has 0 heterocycles. The number of unbranched alkanes of at least 4 members (excludes halogenated alkanes) is 1. The maximum absolute atomic E-state index is 11.1. The molecule has 0 rings (SSSR count). The highest BCUT2D eigenvalue weighted by Crippen LogP contribution is 2.06. The lowest BCUT2D eigenvalue weighted by Crippen LogP contribution is -2.76. The molecule has 0 saturated carbocycles. The molecule has 0 saturated heterocycles. The van der Waals surface area contributed by atoms with Gasteiger partial charge < -0.3 is 15.4 Å². The highest BCUT2D eigenvalue weighted by atomic mass is 16.6. The second kappa shape index (κ2) is 6.65. The molecule has 0 aromatic rings. The topological polar surface area (TPSA) is 54.9 Å². The van der Waals surface area contributed by atoms with Gasteiger partial charge in [0.15, 0.2) is 0 Å². The Hall–Kier alpha value is -0.770. The first-order valence-electron chi connectivity index (χ1n) is 5.03. The first-order chi connectivity index (χ1) is 6.45. The van der Waals surface area contributed by atoms with Crippen LogP contribution in [0.4, 0.5) is 4.79 Å². The number of nitrogens with two attached hydrogens (primary N) is 1. The Morgan fingerprint density at radius 2 is 2.07 bits per heavy atom. The van der Waals surface area contributed by atoms with E-state index in [-0.39, 0.29) is 6.09 Å². The van der Waals surface area contributed by atoms with Gasteiger partial charge >= 0.3 is 6.09 Å². The molecule has 4 heteroatoms. The molecule has 4 nitrogen and oxygen atoms in total. The lowest BCUT2D eigenvalue weighted by molar-refractivity contribution is -0.595. The largest absolute Gasteiger partial charge is 0.479 e. The van der Waals surface area contributed by atoms with Crippen LogP contribution in [0.3, 0.4) is 0 Å². The predicted molar refractivity (Wildman–Crippen MR) is 55.6 cm³/mol. The van der Waals surface area contributed by atoms with Crippen molar-refractivity contribution in [3.05, 3.63) is 7.05 Å². The van der Waals surface area contributed by atoms with Crippen molar-refractivity contribution < 1.29 is 14.8 Å². The van der Waals surface area contributed by atoms with Crippen molar-refractivity contribution in [1.82, 2.24) is 5.32 Å². The Labute approximate surface area is 86.4 Å². The molecule has 14 heavy (non-hydrogen) atoms. The normalized spacial score (nSPS) is 11.1. The van der Waals surface area contributed by atoms with Gasteiger partial charge in [-0.1, -0.05) is 0 Å². The van der Waals surface area contributed by atoms with Gasteiger partial charge in [-0.15, -0.1) is 0 Å². The molecule has 0 aliphatic carbocycles. The van der Waals surface area contributed by atoms with Gasteiger partial charge in [-0.3, -0.25) is 0 Å². The minimum atomic E-state index is -0.412. The maximum atomic E-state index is 11.1. The SMILES string of the molecule is [CH2-][NH2+]CCCCNC(=O)OC(C)(C)C. The maximum Gasteiger partial charge on any atom is 0.407 e. The van der Waals surface area contributed by atoms with Crippen LogP contribution in [0.15, 0.2) is 0 Å². The van der Waals surface area contributed by atoms with Crippen LogP contribution in [-0.4, -0.2) is 24.8 Å². The smallest absolute Gasteiger partial charge is 0.407 e. The Kier molecular flexibility index (Phi) is 6.28. The number of rotatable bonds is 5. The van der Waals surface area contributed by atoms with Crippen LogP contribution < -0.4 is 10.6 Å². The van der Waals surface area contributed by atoms with Gasteiger partial charge in [-0.25, -0.2) is 4.79 Å². The molecule has 0 aromatic carbocycles. The van der Waals surface area contributed by atoms with Gasteiger partial charge in [0.1, 0.15) is 5.60 Å². The minimum Gasteiger partial charge on any atom is -0.479 e. The summed E-state index contributed by atoms with van der Waals surface area (Å²) in [6.07, 6.45) is 1.68. The van der Waals surface area contributed by atoms with Crippen LogP contribution in [0.5, 0.6) is 0 Å². The zero-order valence-corrected chi connectivity index (χ0v) is 9.43. The van der Waals surface area contributed by atoms with E-state index in [1.54, 1.807) is 0 Å². The standard InChI is InChI=1S/C10H22N2O2/c1-10(2,3)14-9(13)12-8-6-5-7-11-4/h4-8,11H2,1-3H3,(H,12,13). The molecular weight excluding hydrogens is 180 g/mol. The summed E-state index contributed by atoms with van der Waals surface area (Å²) in [6.45, 7) is 7.22. The van der Waals surface area contributed by atoms with Gasteiger partial charge in [-0.2, -0.15) is 7.05 Å². The van der Waals surface area contributed by atoms with Crippen LogP contribution in [-0.2, 0) is 4.74 Å². The lowest BCUT2D eigenvalue weighted by atomic mass is 10.2. The number of ether oxygens (including phenoxy) is 1. The molecule has 0 aliphatic rings. The zero-order chi connectivity index (χ0) is 11.0. The molecule has 0 atom stereocenters. The molecule has 0 radical (unpaired) electrons. The van der Waals surface area contributed by atoms with E-state index >= 15 is 0 Å². The molecule has 0 unspecified atom stereocenters. The van der Waals surface area contributed by atoms with Crippen molar-refractivity contribution in [2.24, 2.45) is 0 Å². The highest BCUT2D eigenvalue weighted by Gasteiger charge is 2.15. The van der Waals surface area contributed by atoms with Crippen LogP contribution in [0.2, 0.25) is 0 Å². The van der Waals surface area contributed by atoms with Crippen molar-refractivity contribution in [1.29, 1.82) is 0 Å². The van der Waals surface area contributed by atoms with Crippen LogP contribution in [0.25, 0.3) is 0 Å². The quantitative estimate of drug-likeness (QED) is 0.508. The molecular formula is C10H22N2O2. The van der Waals surface area contributed by atoms with Gasteiger partial charge in [0.05, 0.1) is 6.54 Å². The van der Waals surface area contributed by atoms with Gasteiger partial charge in [0.2, 0.25) is 0 Å². The summed E-state index contributed by atoms with van der Waals surface area (Å²) in [6, 6.07) is 0. The molecule has 3 N–H and O–H groups in total. The van der Waals surface area contributed by atoms with E-state index in [9.17, 15) is 4.79 Å². The fourth-order valence-corrected chi connectivity index (χ4v) is 0.918. The Bertz CT molecular complexity index is 164. The molecule has 0 aromatic heterocycles. The van der Waals surface area contributed by atoms with E-state index in [0.717, 1.165) is 19.4 Å². The summed E-state index contributed by atoms with van der Waals surface area (Å²) < 4.78 is 5.07. The average Bonchev–Trinajstić information content (AvgIpc) is 2.00. The van der Waals surface area contributed by atoms with E-state index in [0.29, 0.717) is 6.54 Å². The Morgan fingerprint density at radius 3 is 2.57 bits per heavy atom. The number of alkyl carbamates (subject to hydrolysis) is 1. The van der Waals surface area contributed by atoms with Crippen LogP contribution in [0.1, 0.15) is 33.6 Å². The number of hydrogen-bond donors (Lipinski definition) is 2. The summed E-state index contributed by atoms with van der Waals surface area (Å²) in [7, 11) is 3.63. The third-order valence-electron chi connectivity index (χ3n) is 1.50. The number of carbonyl (C=O) groups excluding carboxylic acids is 1. The van der Waals surface area contributed by atoms with E-state index in [1.807, 2.05) is 26.1 Å². The molecule has 84 valence electrons. The third kappa shape index (κ3) is 9.32. The second-order valence-corrected chi connectivity index (χ2v) is 4.21. The zero-order valence-electron chi connectivity index (χ0n) is 9.43. The van der Waals surface area contributed by atoms with Gasteiger partial charge in [0, 0.05) is 6.54 Å². The molecule has 0 fully saturated rings.